The Hall–Kier alpha value is -1.75. The monoisotopic (exact) mass is 253 g/mol. The van der Waals surface area contributed by atoms with E-state index in [0.29, 0.717) is 11.1 Å². The molecule has 5 nitrogen and oxygen atoms in total. The number of phenolic OH excluding ortho intramolecular Hbond substituents is 1. The Balaban J connectivity index is 3.21. The molecule has 0 saturated carbocycles. The zero-order chi connectivity index (χ0) is 13.9. The van der Waals surface area contributed by atoms with E-state index in [2.05, 4.69) is 0 Å². The summed E-state index contributed by atoms with van der Waals surface area (Å²) in [6, 6.07) is 2.87. The number of hydrogen-bond acceptors (Lipinski definition) is 5. The molecule has 5 heteroatoms. The van der Waals surface area contributed by atoms with E-state index in [4.69, 9.17) is 15.2 Å². The summed E-state index contributed by atoms with van der Waals surface area (Å²) in [6.07, 6.45) is 0. The molecule has 0 aliphatic carbocycles. The first kappa shape index (κ1) is 14.3. The van der Waals surface area contributed by atoms with E-state index in [1.54, 1.807) is 20.8 Å². The van der Waals surface area contributed by atoms with Crippen LogP contribution in [-0.2, 0) is 11.3 Å². The number of carbonyl (C=O) groups excluding carboxylic acids is 1. The fraction of sp³-hybridized carbons (Fsp3) is 0.462. The maximum Gasteiger partial charge on any atom is 0.339 e. The van der Waals surface area contributed by atoms with Crippen LogP contribution in [0.25, 0.3) is 0 Å². The lowest BCUT2D eigenvalue weighted by molar-refractivity contribution is 0.00679. The number of carbonyl (C=O) groups is 1. The summed E-state index contributed by atoms with van der Waals surface area (Å²) in [5.74, 6) is -0.327. The minimum absolute atomic E-state index is 0.0507. The van der Waals surface area contributed by atoms with Crippen LogP contribution in [0.3, 0.4) is 0 Å². The van der Waals surface area contributed by atoms with Crippen LogP contribution in [0.15, 0.2) is 12.1 Å². The van der Waals surface area contributed by atoms with Crippen molar-refractivity contribution in [2.75, 3.05) is 7.11 Å². The molecule has 0 radical (unpaired) electrons. The Morgan fingerprint density at radius 2 is 2.00 bits per heavy atom. The van der Waals surface area contributed by atoms with Crippen LogP contribution in [-0.4, -0.2) is 23.8 Å². The standard InChI is InChI=1S/C13H19NO4/c1-13(2,3)18-12(16)8-5-6-10(15)11(17-4)9(8)7-14/h5-6,15H,7,14H2,1-4H3. The smallest absolute Gasteiger partial charge is 0.339 e. The van der Waals surface area contributed by atoms with Crippen molar-refractivity contribution < 1.29 is 19.4 Å². The van der Waals surface area contributed by atoms with Gasteiger partial charge in [-0.15, -0.1) is 0 Å². The van der Waals surface area contributed by atoms with Crippen molar-refractivity contribution in [2.45, 2.75) is 32.9 Å². The normalized spacial score (nSPS) is 11.2. The molecule has 0 heterocycles. The molecular weight excluding hydrogens is 234 g/mol. The van der Waals surface area contributed by atoms with E-state index in [9.17, 15) is 9.90 Å². The number of aromatic hydroxyl groups is 1. The van der Waals surface area contributed by atoms with Crippen molar-refractivity contribution in [1.29, 1.82) is 0 Å². The SMILES string of the molecule is COc1c(O)ccc(C(=O)OC(C)(C)C)c1CN. The largest absolute Gasteiger partial charge is 0.504 e. The van der Waals surface area contributed by atoms with Gasteiger partial charge in [0.15, 0.2) is 11.5 Å². The molecule has 1 aromatic rings. The molecule has 0 amide bonds. The molecule has 0 spiro atoms. The lowest BCUT2D eigenvalue weighted by Crippen LogP contribution is -2.25. The van der Waals surface area contributed by atoms with E-state index in [0.717, 1.165) is 0 Å². The predicted molar refractivity (Wildman–Crippen MR) is 67.7 cm³/mol. The molecule has 0 aromatic heterocycles. The Morgan fingerprint density at radius 1 is 1.39 bits per heavy atom. The molecule has 3 N–H and O–H groups in total. The first-order chi connectivity index (χ1) is 8.30. The number of rotatable bonds is 3. The third-order valence-electron chi connectivity index (χ3n) is 2.27. The quantitative estimate of drug-likeness (QED) is 0.803. The van der Waals surface area contributed by atoms with Crippen LogP contribution in [0.1, 0.15) is 36.7 Å². The van der Waals surface area contributed by atoms with Gasteiger partial charge in [0.05, 0.1) is 12.7 Å². The summed E-state index contributed by atoms with van der Waals surface area (Å²) in [5, 5.41) is 9.63. The highest BCUT2D eigenvalue weighted by molar-refractivity contribution is 5.92. The molecule has 0 atom stereocenters. The number of nitrogens with two attached hydrogens (primary N) is 1. The fourth-order valence-electron chi connectivity index (χ4n) is 1.57. The Kier molecular flexibility index (Phi) is 4.19. The van der Waals surface area contributed by atoms with Crippen LogP contribution >= 0.6 is 0 Å². The lowest BCUT2D eigenvalue weighted by atomic mass is 10.1. The fourth-order valence-corrected chi connectivity index (χ4v) is 1.57. The van der Waals surface area contributed by atoms with Crippen molar-refractivity contribution in [3.63, 3.8) is 0 Å². The van der Waals surface area contributed by atoms with E-state index in [-0.39, 0.29) is 18.0 Å². The summed E-state index contributed by atoms with van der Waals surface area (Å²) in [6.45, 7) is 5.42. The van der Waals surface area contributed by atoms with Crippen molar-refractivity contribution in [2.24, 2.45) is 5.73 Å². The van der Waals surface area contributed by atoms with Crippen molar-refractivity contribution in [3.8, 4) is 11.5 Å². The second-order valence-corrected chi connectivity index (χ2v) is 4.85. The van der Waals surface area contributed by atoms with Crippen LogP contribution in [0.5, 0.6) is 11.5 Å². The van der Waals surface area contributed by atoms with Crippen LogP contribution in [0.4, 0.5) is 0 Å². The number of benzene rings is 1. The van der Waals surface area contributed by atoms with Gasteiger partial charge in [0.2, 0.25) is 0 Å². The molecule has 0 bridgehead atoms. The van der Waals surface area contributed by atoms with Gasteiger partial charge in [-0.3, -0.25) is 0 Å². The van der Waals surface area contributed by atoms with Gasteiger partial charge in [0.25, 0.3) is 0 Å². The molecular formula is C13H19NO4. The maximum atomic E-state index is 12.0. The van der Waals surface area contributed by atoms with Gasteiger partial charge in [-0.05, 0) is 32.9 Å². The minimum Gasteiger partial charge on any atom is -0.504 e. The summed E-state index contributed by atoms with van der Waals surface area (Å²) in [4.78, 5) is 12.0. The van der Waals surface area contributed by atoms with Crippen molar-refractivity contribution in [3.05, 3.63) is 23.3 Å². The van der Waals surface area contributed by atoms with E-state index < -0.39 is 11.6 Å². The second kappa shape index (κ2) is 5.27. The number of phenols is 1. The zero-order valence-corrected chi connectivity index (χ0v) is 11.1. The number of ether oxygens (including phenoxy) is 2. The van der Waals surface area contributed by atoms with Crippen molar-refractivity contribution in [1.82, 2.24) is 0 Å². The predicted octanol–water partition coefficient (Wildman–Crippen LogP) is 1.81. The van der Waals surface area contributed by atoms with Gasteiger partial charge in [-0.2, -0.15) is 0 Å². The average Bonchev–Trinajstić information content (AvgIpc) is 2.25. The van der Waals surface area contributed by atoms with E-state index >= 15 is 0 Å². The Morgan fingerprint density at radius 3 is 2.44 bits per heavy atom. The van der Waals surface area contributed by atoms with Crippen LogP contribution < -0.4 is 10.5 Å². The highest BCUT2D eigenvalue weighted by Crippen LogP contribution is 2.33. The topological polar surface area (TPSA) is 81.8 Å². The van der Waals surface area contributed by atoms with Gasteiger partial charge < -0.3 is 20.3 Å². The third-order valence-corrected chi connectivity index (χ3v) is 2.27. The van der Waals surface area contributed by atoms with Gasteiger partial charge >= 0.3 is 5.97 Å². The Bertz CT molecular complexity index is 449. The second-order valence-electron chi connectivity index (χ2n) is 4.85. The summed E-state index contributed by atoms with van der Waals surface area (Å²) < 4.78 is 10.3. The molecule has 1 aromatic carbocycles. The van der Waals surface area contributed by atoms with E-state index in [1.165, 1.54) is 19.2 Å². The molecule has 0 aliphatic heterocycles. The molecule has 1 rings (SSSR count). The van der Waals surface area contributed by atoms with E-state index in [1.807, 2.05) is 0 Å². The molecule has 18 heavy (non-hydrogen) atoms. The van der Waals surface area contributed by atoms with Crippen molar-refractivity contribution >= 4 is 5.97 Å². The number of esters is 1. The minimum atomic E-state index is -0.589. The van der Waals surface area contributed by atoms with Gasteiger partial charge in [0.1, 0.15) is 5.60 Å². The average molecular weight is 253 g/mol. The zero-order valence-electron chi connectivity index (χ0n) is 11.1. The Labute approximate surface area is 107 Å². The van der Waals surface area contributed by atoms with Gasteiger partial charge in [-0.1, -0.05) is 0 Å². The molecule has 0 unspecified atom stereocenters. The van der Waals surface area contributed by atoms with Crippen LogP contribution in [0.2, 0.25) is 0 Å². The maximum absolute atomic E-state index is 12.0. The number of methoxy groups -OCH3 is 1. The number of hydrogen-bond donors (Lipinski definition) is 2. The third kappa shape index (κ3) is 3.13. The molecule has 0 saturated heterocycles. The van der Waals surface area contributed by atoms with Gasteiger partial charge in [0, 0.05) is 12.1 Å². The molecule has 0 aliphatic rings. The molecule has 100 valence electrons. The summed E-state index contributed by atoms with van der Waals surface area (Å²) in [7, 11) is 1.41. The molecule has 0 fully saturated rings. The first-order valence-corrected chi connectivity index (χ1v) is 5.62. The van der Waals surface area contributed by atoms with Crippen LogP contribution in [0, 0.1) is 0 Å². The van der Waals surface area contributed by atoms with Gasteiger partial charge in [-0.25, -0.2) is 4.79 Å². The highest BCUT2D eigenvalue weighted by Gasteiger charge is 2.23. The lowest BCUT2D eigenvalue weighted by Gasteiger charge is -2.21. The summed E-state index contributed by atoms with van der Waals surface area (Å²) in [5.41, 5.74) is 5.75. The first-order valence-electron chi connectivity index (χ1n) is 5.62. The summed E-state index contributed by atoms with van der Waals surface area (Å²) >= 11 is 0. The highest BCUT2D eigenvalue weighted by atomic mass is 16.6.